The minimum absolute atomic E-state index is 0.0222. The maximum Gasteiger partial charge on any atom is 0.320 e. The molecule has 32 heavy (non-hydrogen) atoms. The van der Waals surface area contributed by atoms with Gasteiger partial charge in [-0.15, -0.1) is 0 Å². The summed E-state index contributed by atoms with van der Waals surface area (Å²) in [4.78, 5) is 26.6. The predicted molar refractivity (Wildman–Crippen MR) is 124 cm³/mol. The number of likely N-dealkylation sites (tertiary alicyclic amines) is 1. The van der Waals surface area contributed by atoms with Gasteiger partial charge >= 0.3 is 6.03 Å². The molecule has 2 aromatic carbocycles. The van der Waals surface area contributed by atoms with Gasteiger partial charge in [0.15, 0.2) is 5.78 Å². The Morgan fingerprint density at radius 1 is 1.03 bits per heavy atom. The van der Waals surface area contributed by atoms with Gasteiger partial charge in [-0.25, -0.2) is 9.18 Å². The minimum Gasteiger partial charge on any atom is -0.322 e. The Bertz CT molecular complexity index is 938. The molecule has 4 rings (SSSR count). The van der Waals surface area contributed by atoms with Crippen molar-refractivity contribution in [1.82, 2.24) is 10.2 Å². The van der Waals surface area contributed by atoms with Crippen molar-refractivity contribution in [1.29, 1.82) is 0 Å². The Hall–Kier alpha value is -2.73. The first-order valence-electron chi connectivity index (χ1n) is 11.7. The molecule has 2 N–H and O–H groups in total. The van der Waals surface area contributed by atoms with Crippen molar-refractivity contribution in [2.45, 2.75) is 64.1 Å². The van der Waals surface area contributed by atoms with E-state index in [0.29, 0.717) is 23.2 Å². The van der Waals surface area contributed by atoms with E-state index < -0.39 is 0 Å². The van der Waals surface area contributed by atoms with Crippen molar-refractivity contribution in [3.8, 4) is 0 Å². The number of carbonyl (C=O) groups excluding carboxylic acids is 2. The second kappa shape index (κ2) is 10.3. The molecule has 5 nitrogen and oxygen atoms in total. The molecule has 2 amide bonds. The number of ketones is 1. The van der Waals surface area contributed by atoms with Crippen LogP contribution in [-0.2, 0) is 6.42 Å². The molecule has 0 radical (unpaired) electrons. The van der Waals surface area contributed by atoms with Gasteiger partial charge in [0, 0.05) is 23.8 Å². The van der Waals surface area contributed by atoms with E-state index in [2.05, 4.69) is 15.5 Å². The zero-order valence-electron chi connectivity index (χ0n) is 18.6. The maximum atomic E-state index is 13.1. The maximum absolute atomic E-state index is 13.1. The van der Waals surface area contributed by atoms with Gasteiger partial charge in [0.2, 0.25) is 0 Å². The summed E-state index contributed by atoms with van der Waals surface area (Å²) in [6.07, 6.45) is 7.68. The summed E-state index contributed by atoms with van der Waals surface area (Å²) in [5.74, 6) is 0.439. The van der Waals surface area contributed by atoms with Gasteiger partial charge in [-0.3, -0.25) is 9.69 Å². The number of hydrogen-bond donors (Lipinski definition) is 2. The fraction of sp³-hybridized carbons (Fsp3) is 0.462. The van der Waals surface area contributed by atoms with Crippen LogP contribution >= 0.6 is 0 Å². The molecule has 1 atom stereocenters. The number of urea groups is 1. The van der Waals surface area contributed by atoms with Gasteiger partial charge in [-0.05, 0) is 87.6 Å². The van der Waals surface area contributed by atoms with Gasteiger partial charge in [0.1, 0.15) is 5.82 Å². The topological polar surface area (TPSA) is 61.4 Å². The van der Waals surface area contributed by atoms with E-state index >= 15 is 0 Å². The van der Waals surface area contributed by atoms with Crippen LogP contribution in [0.15, 0.2) is 48.5 Å². The summed E-state index contributed by atoms with van der Waals surface area (Å²) in [6, 6.07) is 14.2. The zero-order valence-corrected chi connectivity index (χ0v) is 18.6. The number of Topliss-reactive ketones (excluding diaryl/α,β-unsaturated/α-hetero) is 1. The average Bonchev–Trinajstić information content (AvgIpc) is 3.24. The number of benzene rings is 2. The van der Waals surface area contributed by atoms with Crippen LogP contribution in [0.2, 0.25) is 0 Å². The molecule has 170 valence electrons. The van der Waals surface area contributed by atoms with E-state index in [9.17, 15) is 14.0 Å². The van der Waals surface area contributed by atoms with Crippen LogP contribution in [0.4, 0.5) is 14.9 Å². The molecule has 1 unspecified atom stereocenters. The van der Waals surface area contributed by atoms with Crippen molar-refractivity contribution < 1.29 is 14.0 Å². The molecule has 1 saturated heterocycles. The number of nitrogens with zero attached hydrogens (tertiary/aromatic N) is 1. The second-order valence-electron chi connectivity index (χ2n) is 9.14. The highest BCUT2D eigenvalue weighted by atomic mass is 19.1. The van der Waals surface area contributed by atoms with E-state index in [1.807, 2.05) is 12.1 Å². The normalized spacial score (nSPS) is 23.6. The first kappa shape index (κ1) is 22.5. The summed E-state index contributed by atoms with van der Waals surface area (Å²) in [5.41, 5.74) is 2.42. The lowest BCUT2D eigenvalue weighted by Crippen LogP contribution is -2.50. The van der Waals surface area contributed by atoms with E-state index in [1.165, 1.54) is 12.5 Å². The summed E-state index contributed by atoms with van der Waals surface area (Å²) in [5, 5.41) is 6.01. The van der Waals surface area contributed by atoms with Crippen LogP contribution in [0.5, 0.6) is 0 Å². The highest BCUT2D eigenvalue weighted by molar-refractivity contribution is 5.96. The lowest BCUT2D eigenvalue weighted by atomic mass is 9.82. The molecule has 0 bridgehead atoms. The highest BCUT2D eigenvalue weighted by Gasteiger charge is 2.34. The van der Waals surface area contributed by atoms with Crippen LogP contribution in [0, 0.1) is 11.7 Å². The zero-order chi connectivity index (χ0) is 22.5. The molecule has 1 saturated carbocycles. The molecular formula is C26H32FN3O2. The third kappa shape index (κ3) is 5.74. The van der Waals surface area contributed by atoms with Gasteiger partial charge < -0.3 is 10.6 Å². The molecule has 2 fully saturated rings. The Balaban J connectivity index is 1.27. The monoisotopic (exact) mass is 437 g/mol. The largest absolute Gasteiger partial charge is 0.322 e. The second-order valence-corrected chi connectivity index (χ2v) is 9.14. The average molecular weight is 438 g/mol. The Kier molecular flexibility index (Phi) is 7.20. The number of rotatable bonds is 6. The van der Waals surface area contributed by atoms with Crippen molar-refractivity contribution in [3.63, 3.8) is 0 Å². The lowest BCUT2D eigenvalue weighted by molar-refractivity contribution is 0.101. The lowest BCUT2D eigenvalue weighted by Gasteiger charge is -2.38. The highest BCUT2D eigenvalue weighted by Crippen LogP contribution is 2.33. The van der Waals surface area contributed by atoms with Gasteiger partial charge in [-0.1, -0.05) is 24.3 Å². The molecule has 0 aromatic heterocycles. The molecule has 1 heterocycles. The molecule has 2 aliphatic rings. The molecule has 6 heteroatoms. The number of hydrogen-bond acceptors (Lipinski definition) is 3. The number of amides is 2. The summed E-state index contributed by atoms with van der Waals surface area (Å²) < 4.78 is 13.1. The van der Waals surface area contributed by atoms with E-state index in [4.69, 9.17) is 0 Å². The van der Waals surface area contributed by atoms with E-state index in [-0.39, 0.29) is 23.8 Å². The number of nitrogens with one attached hydrogen (secondary N) is 2. The van der Waals surface area contributed by atoms with Gasteiger partial charge in [0.05, 0.1) is 6.17 Å². The molecule has 0 spiro atoms. The van der Waals surface area contributed by atoms with Crippen molar-refractivity contribution in [3.05, 3.63) is 65.5 Å². The summed E-state index contributed by atoms with van der Waals surface area (Å²) >= 11 is 0. The van der Waals surface area contributed by atoms with Crippen LogP contribution in [0.3, 0.4) is 0 Å². The quantitative estimate of drug-likeness (QED) is 0.597. The smallest absolute Gasteiger partial charge is 0.320 e. The van der Waals surface area contributed by atoms with Crippen molar-refractivity contribution in [2.24, 2.45) is 5.92 Å². The Labute approximate surface area is 189 Å². The Morgan fingerprint density at radius 3 is 2.50 bits per heavy atom. The fourth-order valence-corrected chi connectivity index (χ4v) is 5.15. The van der Waals surface area contributed by atoms with Crippen LogP contribution in [0.25, 0.3) is 0 Å². The fourth-order valence-electron chi connectivity index (χ4n) is 5.15. The third-order valence-corrected chi connectivity index (χ3v) is 6.84. The molecule has 1 aliphatic heterocycles. The summed E-state index contributed by atoms with van der Waals surface area (Å²) in [7, 11) is 0. The summed E-state index contributed by atoms with van der Waals surface area (Å²) in [6.45, 7) is 2.53. The van der Waals surface area contributed by atoms with Crippen LogP contribution < -0.4 is 10.6 Å². The number of anilines is 1. The molecule has 1 aliphatic carbocycles. The van der Waals surface area contributed by atoms with E-state index in [0.717, 1.165) is 51.5 Å². The van der Waals surface area contributed by atoms with Crippen molar-refractivity contribution >= 4 is 17.5 Å². The predicted octanol–water partition coefficient (Wildman–Crippen LogP) is 5.37. The van der Waals surface area contributed by atoms with Crippen LogP contribution in [-0.4, -0.2) is 35.5 Å². The van der Waals surface area contributed by atoms with Crippen molar-refractivity contribution in [2.75, 3.05) is 11.9 Å². The standard InChI is InChI=1S/C26H32FN3O2/c1-18(31)21-4-2-5-23(17-21)28-26(32)29-25-6-3-15-30(25)24-13-9-20(10-14-24)16-19-7-11-22(27)12-8-19/h2,4-5,7-8,11-12,17,20,24-25H,3,6,9-10,13-16H2,1H3,(H2,28,29,32). The molecule has 2 aromatic rings. The minimum atomic E-state index is -0.229. The number of halogens is 1. The van der Waals surface area contributed by atoms with E-state index in [1.54, 1.807) is 36.4 Å². The van der Waals surface area contributed by atoms with Gasteiger partial charge in [0.25, 0.3) is 0 Å². The third-order valence-electron chi connectivity index (χ3n) is 6.84. The SMILES string of the molecule is CC(=O)c1cccc(NC(=O)NC2CCCN2C2CCC(Cc3ccc(F)cc3)CC2)c1. The Morgan fingerprint density at radius 2 is 1.78 bits per heavy atom. The number of carbonyl (C=O) groups is 2. The first-order valence-corrected chi connectivity index (χ1v) is 11.7. The first-order chi connectivity index (χ1) is 15.5. The van der Waals surface area contributed by atoms with Crippen LogP contribution in [0.1, 0.15) is 61.4 Å². The molecular weight excluding hydrogens is 405 g/mol. The van der Waals surface area contributed by atoms with Gasteiger partial charge in [-0.2, -0.15) is 0 Å².